The molecule has 0 spiro atoms. The van der Waals surface area contributed by atoms with Crippen LogP contribution in [0, 0.1) is 32.1 Å². The number of anilines is 1. The monoisotopic (exact) mass is 366 g/mol. The summed E-state index contributed by atoms with van der Waals surface area (Å²) in [6, 6.07) is 12.3. The number of phenols is 1. The van der Waals surface area contributed by atoms with Gasteiger partial charge in [-0.05, 0) is 56.2 Å². The second-order valence-electron chi connectivity index (χ2n) is 6.40. The summed E-state index contributed by atoms with van der Waals surface area (Å²) in [4.78, 5) is 26.3. The predicted octanol–water partition coefficient (Wildman–Crippen LogP) is 3.42. The minimum atomic E-state index is -0.773. The number of esters is 1. The molecule has 0 atom stereocenters. The highest BCUT2D eigenvalue weighted by Gasteiger charge is 2.20. The Kier molecular flexibility index (Phi) is 6.56. The number of nitriles is 1. The number of carbonyl (C=O) groups excluding carboxylic acids is 2. The lowest BCUT2D eigenvalue weighted by molar-refractivity contribution is -0.121. The Morgan fingerprint density at radius 3 is 2.37 bits per heavy atom. The highest BCUT2D eigenvalue weighted by molar-refractivity contribution is 5.98. The van der Waals surface area contributed by atoms with Gasteiger partial charge in [-0.2, -0.15) is 5.26 Å². The first-order chi connectivity index (χ1) is 12.8. The quantitative estimate of drug-likeness (QED) is 0.791. The van der Waals surface area contributed by atoms with Crippen LogP contribution >= 0.6 is 0 Å². The topological polar surface area (TPSA) is 90.6 Å². The molecule has 2 rings (SSSR count). The van der Waals surface area contributed by atoms with Gasteiger partial charge in [-0.15, -0.1) is 0 Å². The fraction of sp³-hybridized carbons (Fsp3) is 0.286. The first-order valence-corrected chi connectivity index (χ1v) is 8.54. The number of hydrogen-bond donors (Lipinski definition) is 1. The van der Waals surface area contributed by atoms with Gasteiger partial charge >= 0.3 is 5.97 Å². The maximum absolute atomic E-state index is 12.6. The standard InChI is InChI=1S/C21H22N2O4/c1-14-5-6-19(24)18(12-14)21(26)27-13-20(25)23(8-4-7-22)17-10-15(2)9-16(3)11-17/h5-6,9-12,24H,4,8,13H2,1-3H3. The van der Waals surface area contributed by atoms with Crippen molar-refractivity contribution in [2.45, 2.75) is 27.2 Å². The van der Waals surface area contributed by atoms with Gasteiger partial charge in [0.2, 0.25) is 0 Å². The molecule has 27 heavy (non-hydrogen) atoms. The first-order valence-electron chi connectivity index (χ1n) is 8.54. The molecule has 140 valence electrons. The Bertz CT molecular complexity index is 879. The second-order valence-corrected chi connectivity index (χ2v) is 6.40. The lowest BCUT2D eigenvalue weighted by atomic mass is 10.1. The molecule has 0 heterocycles. The summed E-state index contributed by atoms with van der Waals surface area (Å²) in [5.74, 6) is -1.41. The summed E-state index contributed by atoms with van der Waals surface area (Å²) in [6.07, 6.45) is 0.158. The van der Waals surface area contributed by atoms with E-state index in [2.05, 4.69) is 0 Å². The van der Waals surface area contributed by atoms with Crippen LogP contribution < -0.4 is 4.90 Å². The molecule has 1 amide bonds. The summed E-state index contributed by atoms with van der Waals surface area (Å²) in [5, 5.41) is 18.7. The molecule has 0 unspecified atom stereocenters. The Hall–Kier alpha value is -3.33. The van der Waals surface area contributed by atoms with Crippen molar-refractivity contribution in [3.05, 3.63) is 58.7 Å². The van der Waals surface area contributed by atoms with Crippen molar-refractivity contribution in [3.63, 3.8) is 0 Å². The van der Waals surface area contributed by atoms with Crippen LogP contribution in [-0.2, 0) is 9.53 Å². The third-order valence-electron chi connectivity index (χ3n) is 3.97. The first kappa shape index (κ1) is 20.0. The summed E-state index contributed by atoms with van der Waals surface area (Å²) in [5.41, 5.74) is 3.43. The van der Waals surface area contributed by atoms with Crippen molar-refractivity contribution < 1.29 is 19.4 Å². The SMILES string of the molecule is Cc1cc(C)cc(N(CCC#N)C(=O)COC(=O)c2cc(C)ccc2O)c1. The fourth-order valence-corrected chi connectivity index (χ4v) is 2.76. The second kappa shape index (κ2) is 8.86. The van der Waals surface area contributed by atoms with Gasteiger partial charge in [0.1, 0.15) is 11.3 Å². The lowest BCUT2D eigenvalue weighted by Crippen LogP contribution is -2.35. The smallest absolute Gasteiger partial charge is 0.342 e. The average molecular weight is 366 g/mol. The predicted molar refractivity (Wildman–Crippen MR) is 102 cm³/mol. The minimum absolute atomic E-state index is 0.0118. The van der Waals surface area contributed by atoms with Gasteiger partial charge < -0.3 is 14.7 Å². The van der Waals surface area contributed by atoms with E-state index in [9.17, 15) is 14.7 Å². The van der Waals surface area contributed by atoms with Crippen LogP contribution in [-0.4, -0.2) is 30.1 Å². The van der Waals surface area contributed by atoms with Gasteiger partial charge in [0.15, 0.2) is 6.61 Å². The van der Waals surface area contributed by atoms with Crippen LogP contribution in [0.15, 0.2) is 36.4 Å². The van der Waals surface area contributed by atoms with Crippen LogP contribution in [0.5, 0.6) is 5.75 Å². The molecule has 6 heteroatoms. The maximum atomic E-state index is 12.6. The number of aryl methyl sites for hydroxylation is 3. The van der Waals surface area contributed by atoms with Crippen molar-refractivity contribution in [1.29, 1.82) is 5.26 Å². The summed E-state index contributed by atoms with van der Waals surface area (Å²) in [6.45, 7) is 5.34. The molecule has 2 aromatic rings. The third-order valence-corrected chi connectivity index (χ3v) is 3.97. The number of hydrogen-bond acceptors (Lipinski definition) is 5. The van der Waals surface area contributed by atoms with Gasteiger partial charge in [-0.3, -0.25) is 4.79 Å². The Balaban J connectivity index is 2.15. The molecule has 0 radical (unpaired) electrons. The van der Waals surface area contributed by atoms with Gasteiger partial charge in [-0.1, -0.05) is 17.7 Å². The van der Waals surface area contributed by atoms with Crippen LogP contribution in [0.25, 0.3) is 0 Å². The van der Waals surface area contributed by atoms with E-state index < -0.39 is 18.5 Å². The molecular weight excluding hydrogens is 344 g/mol. The van der Waals surface area contributed by atoms with E-state index in [4.69, 9.17) is 10.00 Å². The minimum Gasteiger partial charge on any atom is -0.507 e. The number of rotatable bonds is 6. The Labute approximate surface area is 158 Å². The molecule has 0 aliphatic rings. The highest BCUT2D eigenvalue weighted by atomic mass is 16.5. The van der Waals surface area contributed by atoms with Crippen LogP contribution in [0.3, 0.4) is 0 Å². The van der Waals surface area contributed by atoms with Crippen molar-refractivity contribution >= 4 is 17.6 Å². The summed E-state index contributed by atoms with van der Waals surface area (Å²) >= 11 is 0. The van der Waals surface area contributed by atoms with Crippen LogP contribution in [0.2, 0.25) is 0 Å². The zero-order chi connectivity index (χ0) is 20.0. The number of carbonyl (C=O) groups is 2. The third kappa shape index (κ3) is 5.32. The summed E-state index contributed by atoms with van der Waals surface area (Å²) in [7, 11) is 0. The zero-order valence-electron chi connectivity index (χ0n) is 15.7. The molecular formula is C21H22N2O4. The number of aromatic hydroxyl groups is 1. The molecule has 0 aliphatic heterocycles. The van der Waals surface area contributed by atoms with E-state index in [-0.39, 0.29) is 24.3 Å². The maximum Gasteiger partial charge on any atom is 0.342 e. The molecule has 0 saturated heterocycles. The molecule has 0 aromatic heterocycles. The van der Waals surface area contributed by atoms with Crippen molar-refractivity contribution in [1.82, 2.24) is 0 Å². The fourth-order valence-electron chi connectivity index (χ4n) is 2.76. The lowest BCUT2D eigenvalue weighted by Gasteiger charge is -2.22. The Morgan fingerprint density at radius 2 is 1.74 bits per heavy atom. The number of phenolic OH excluding ortho intramolecular Hbond substituents is 1. The van der Waals surface area contributed by atoms with Crippen molar-refractivity contribution in [2.75, 3.05) is 18.1 Å². The Morgan fingerprint density at radius 1 is 1.07 bits per heavy atom. The van der Waals surface area contributed by atoms with E-state index in [0.29, 0.717) is 5.69 Å². The molecule has 2 aromatic carbocycles. The van der Waals surface area contributed by atoms with Crippen molar-refractivity contribution in [3.8, 4) is 11.8 Å². The number of ether oxygens (including phenoxy) is 1. The molecule has 0 saturated carbocycles. The molecule has 6 nitrogen and oxygen atoms in total. The van der Waals surface area contributed by atoms with E-state index in [1.807, 2.05) is 38.1 Å². The van der Waals surface area contributed by atoms with Gasteiger partial charge in [-0.25, -0.2) is 4.79 Å². The molecule has 0 fully saturated rings. The van der Waals surface area contributed by atoms with E-state index in [1.165, 1.54) is 17.0 Å². The number of benzene rings is 2. The summed E-state index contributed by atoms with van der Waals surface area (Å²) < 4.78 is 5.10. The van der Waals surface area contributed by atoms with E-state index in [0.717, 1.165) is 16.7 Å². The van der Waals surface area contributed by atoms with Gasteiger partial charge in [0.05, 0.1) is 12.5 Å². The largest absolute Gasteiger partial charge is 0.507 e. The molecule has 1 N–H and O–H groups in total. The zero-order valence-corrected chi connectivity index (χ0v) is 15.7. The average Bonchev–Trinajstić information content (AvgIpc) is 2.61. The van der Waals surface area contributed by atoms with Crippen LogP contribution in [0.1, 0.15) is 33.5 Å². The van der Waals surface area contributed by atoms with Gasteiger partial charge in [0.25, 0.3) is 5.91 Å². The van der Waals surface area contributed by atoms with Crippen LogP contribution in [0.4, 0.5) is 5.69 Å². The highest BCUT2D eigenvalue weighted by Crippen LogP contribution is 2.21. The number of nitrogens with zero attached hydrogens (tertiary/aromatic N) is 2. The van der Waals surface area contributed by atoms with Crippen molar-refractivity contribution in [2.24, 2.45) is 0 Å². The van der Waals surface area contributed by atoms with Gasteiger partial charge in [0, 0.05) is 12.2 Å². The molecule has 0 aliphatic carbocycles. The molecule has 0 bridgehead atoms. The van der Waals surface area contributed by atoms with E-state index >= 15 is 0 Å². The van der Waals surface area contributed by atoms with E-state index in [1.54, 1.807) is 13.0 Å². The normalized spacial score (nSPS) is 10.1. The number of amides is 1.